The molecule has 102 valence electrons. The van der Waals surface area contributed by atoms with E-state index in [1.165, 1.54) is 0 Å². The number of carbonyl (C=O) groups is 2. The van der Waals surface area contributed by atoms with E-state index in [9.17, 15) is 9.59 Å². The molecular weight excluding hydrogens is 256 g/mol. The molecule has 1 aliphatic heterocycles. The summed E-state index contributed by atoms with van der Waals surface area (Å²) in [5.41, 5.74) is 2.16. The minimum Gasteiger partial charge on any atom is -0.467 e. The Morgan fingerprint density at radius 3 is 3.00 bits per heavy atom. The van der Waals surface area contributed by atoms with E-state index in [0.29, 0.717) is 23.4 Å². The van der Waals surface area contributed by atoms with Gasteiger partial charge >= 0.3 is 0 Å². The van der Waals surface area contributed by atoms with Crippen molar-refractivity contribution >= 4 is 17.5 Å². The maximum atomic E-state index is 12.2. The molecule has 2 heterocycles. The molecule has 20 heavy (non-hydrogen) atoms. The quantitative estimate of drug-likeness (QED) is 0.898. The van der Waals surface area contributed by atoms with Gasteiger partial charge in [-0.15, -0.1) is 0 Å². The van der Waals surface area contributed by atoms with Crippen molar-refractivity contribution in [1.82, 2.24) is 5.32 Å². The van der Waals surface area contributed by atoms with E-state index in [0.717, 1.165) is 5.56 Å². The van der Waals surface area contributed by atoms with Gasteiger partial charge in [-0.2, -0.15) is 0 Å². The molecule has 0 aliphatic carbocycles. The summed E-state index contributed by atoms with van der Waals surface area (Å²) in [6.07, 6.45) is 1.95. The second-order valence-corrected chi connectivity index (χ2v) is 4.81. The first kappa shape index (κ1) is 12.5. The largest absolute Gasteiger partial charge is 0.467 e. The van der Waals surface area contributed by atoms with E-state index >= 15 is 0 Å². The number of furan rings is 1. The summed E-state index contributed by atoms with van der Waals surface area (Å²) in [5, 5.41) is 5.59. The van der Waals surface area contributed by atoms with Gasteiger partial charge in [-0.1, -0.05) is 6.07 Å². The standard InChI is InChI=1S/C15H14N2O3/c1-9(13-3-2-6-20-13)16-15(19)11-5-4-10-8-14(18)17-12(10)7-11/h2-7,9H,8H2,1H3,(H,16,19)(H,17,18). The Morgan fingerprint density at radius 2 is 2.25 bits per heavy atom. The summed E-state index contributed by atoms with van der Waals surface area (Å²) in [4.78, 5) is 23.5. The second-order valence-electron chi connectivity index (χ2n) is 4.81. The van der Waals surface area contributed by atoms with Crippen molar-refractivity contribution in [3.8, 4) is 0 Å². The highest BCUT2D eigenvalue weighted by molar-refractivity contribution is 6.02. The molecule has 0 spiro atoms. The Balaban J connectivity index is 1.75. The van der Waals surface area contributed by atoms with Gasteiger partial charge in [0.2, 0.25) is 5.91 Å². The van der Waals surface area contributed by atoms with Gasteiger partial charge in [-0.3, -0.25) is 9.59 Å². The molecule has 0 radical (unpaired) electrons. The smallest absolute Gasteiger partial charge is 0.251 e. The predicted octanol–water partition coefficient (Wildman–Crippen LogP) is 2.27. The van der Waals surface area contributed by atoms with Crippen molar-refractivity contribution in [2.24, 2.45) is 0 Å². The molecule has 1 aromatic heterocycles. The van der Waals surface area contributed by atoms with Gasteiger partial charge in [0.15, 0.2) is 0 Å². The van der Waals surface area contributed by atoms with E-state index in [2.05, 4.69) is 10.6 Å². The van der Waals surface area contributed by atoms with Crippen LogP contribution < -0.4 is 10.6 Å². The maximum absolute atomic E-state index is 12.2. The number of hydrogen-bond acceptors (Lipinski definition) is 3. The number of anilines is 1. The van der Waals surface area contributed by atoms with Crippen LogP contribution >= 0.6 is 0 Å². The third-order valence-corrected chi connectivity index (χ3v) is 3.31. The molecule has 1 aromatic carbocycles. The number of carbonyl (C=O) groups excluding carboxylic acids is 2. The summed E-state index contributed by atoms with van der Waals surface area (Å²) in [6.45, 7) is 1.85. The molecule has 5 nitrogen and oxygen atoms in total. The molecule has 0 saturated heterocycles. The molecule has 0 saturated carbocycles. The van der Waals surface area contributed by atoms with Gasteiger partial charge in [0, 0.05) is 11.3 Å². The first-order valence-corrected chi connectivity index (χ1v) is 6.40. The lowest BCUT2D eigenvalue weighted by Gasteiger charge is -2.12. The average Bonchev–Trinajstić information content (AvgIpc) is 3.05. The number of nitrogens with one attached hydrogen (secondary N) is 2. The zero-order chi connectivity index (χ0) is 14.1. The lowest BCUT2D eigenvalue weighted by Crippen LogP contribution is -2.26. The van der Waals surface area contributed by atoms with Gasteiger partial charge in [0.1, 0.15) is 5.76 Å². The van der Waals surface area contributed by atoms with Crippen LogP contribution in [0.15, 0.2) is 41.0 Å². The molecule has 2 N–H and O–H groups in total. The highest BCUT2D eigenvalue weighted by Crippen LogP contribution is 2.24. The number of fused-ring (bicyclic) bond motifs is 1. The second kappa shape index (κ2) is 4.85. The van der Waals surface area contributed by atoms with E-state index in [1.54, 1.807) is 30.5 Å². The fourth-order valence-corrected chi connectivity index (χ4v) is 2.24. The molecule has 0 fully saturated rings. The first-order chi connectivity index (χ1) is 9.63. The Labute approximate surface area is 116 Å². The third kappa shape index (κ3) is 2.30. The lowest BCUT2D eigenvalue weighted by molar-refractivity contribution is -0.115. The average molecular weight is 270 g/mol. The Morgan fingerprint density at radius 1 is 1.40 bits per heavy atom. The molecule has 1 atom stereocenters. The van der Waals surface area contributed by atoms with Gasteiger partial charge < -0.3 is 15.1 Å². The third-order valence-electron chi connectivity index (χ3n) is 3.31. The summed E-state index contributed by atoms with van der Waals surface area (Å²) in [5.74, 6) is 0.465. The number of hydrogen-bond donors (Lipinski definition) is 2. The zero-order valence-corrected chi connectivity index (χ0v) is 11.0. The van der Waals surface area contributed by atoms with E-state index in [-0.39, 0.29) is 17.9 Å². The monoisotopic (exact) mass is 270 g/mol. The van der Waals surface area contributed by atoms with E-state index in [1.807, 2.05) is 13.0 Å². The van der Waals surface area contributed by atoms with Gasteiger partial charge in [0.25, 0.3) is 5.91 Å². The van der Waals surface area contributed by atoms with Crippen LogP contribution in [0.5, 0.6) is 0 Å². The summed E-state index contributed by atoms with van der Waals surface area (Å²) >= 11 is 0. The fourth-order valence-electron chi connectivity index (χ4n) is 2.24. The highest BCUT2D eigenvalue weighted by Gasteiger charge is 2.20. The Bertz CT molecular complexity index is 662. The normalized spacial score (nSPS) is 14.6. The van der Waals surface area contributed by atoms with E-state index in [4.69, 9.17) is 4.42 Å². The van der Waals surface area contributed by atoms with Crippen LogP contribution in [0.1, 0.15) is 34.6 Å². The molecule has 1 unspecified atom stereocenters. The Hall–Kier alpha value is -2.56. The van der Waals surface area contributed by atoms with Crippen LogP contribution in [0.3, 0.4) is 0 Å². The van der Waals surface area contributed by atoms with Crippen LogP contribution in [0, 0.1) is 0 Å². The molecule has 0 bridgehead atoms. The van der Waals surface area contributed by atoms with Crippen molar-refractivity contribution in [1.29, 1.82) is 0 Å². The molecule has 5 heteroatoms. The van der Waals surface area contributed by atoms with Gasteiger partial charge in [0.05, 0.1) is 18.7 Å². The van der Waals surface area contributed by atoms with E-state index < -0.39 is 0 Å². The maximum Gasteiger partial charge on any atom is 0.251 e. The molecular formula is C15H14N2O3. The van der Waals surface area contributed by atoms with Gasteiger partial charge in [-0.05, 0) is 36.8 Å². The fraction of sp³-hybridized carbons (Fsp3) is 0.200. The van der Waals surface area contributed by atoms with Crippen molar-refractivity contribution < 1.29 is 14.0 Å². The van der Waals surface area contributed by atoms with Crippen LogP contribution in [0.2, 0.25) is 0 Å². The highest BCUT2D eigenvalue weighted by atomic mass is 16.3. The molecule has 3 rings (SSSR count). The summed E-state index contributed by atoms with van der Waals surface area (Å²) in [6, 6.07) is 8.62. The van der Waals surface area contributed by atoms with Crippen molar-refractivity contribution in [3.63, 3.8) is 0 Å². The zero-order valence-electron chi connectivity index (χ0n) is 11.0. The minimum absolute atomic E-state index is 0.0403. The van der Waals surface area contributed by atoms with Crippen molar-refractivity contribution in [2.75, 3.05) is 5.32 Å². The number of rotatable bonds is 3. The van der Waals surface area contributed by atoms with Crippen molar-refractivity contribution in [2.45, 2.75) is 19.4 Å². The predicted molar refractivity (Wildman–Crippen MR) is 73.4 cm³/mol. The molecule has 2 amide bonds. The molecule has 2 aromatic rings. The SMILES string of the molecule is CC(NC(=O)c1ccc2c(c1)NC(=O)C2)c1ccco1. The Kier molecular flexibility index (Phi) is 3.02. The summed E-state index contributed by atoms with van der Waals surface area (Å²) < 4.78 is 5.25. The lowest BCUT2D eigenvalue weighted by atomic mass is 10.1. The van der Waals surface area contributed by atoms with Crippen molar-refractivity contribution in [3.05, 3.63) is 53.5 Å². The first-order valence-electron chi connectivity index (χ1n) is 6.40. The van der Waals surface area contributed by atoms with Crippen LogP contribution in [0.25, 0.3) is 0 Å². The number of amides is 2. The van der Waals surface area contributed by atoms with Crippen LogP contribution in [-0.4, -0.2) is 11.8 Å². The number of benzene rings is 1. The van der Waals surface area contributed by atoms with Crippen LogP contribution in [-0.2, 0) is 11.2 Å². The van der Waals surface area contributed by atoms with Gasteiger partial charge in [-0.25, -0.2) is 0 Å². The summed E-state index contributed by atoms with van der Waals surface area (Å²) in [7, 11) is 0. The minimum atomic E-state index is -0.208. The molecule has 1 aliphatic rings. The topological polar surface area (TPSA) is 71.3 Å². The van der Waals surface area contributed by atoms with Crippen LogP contribution in [0.4, 0.5) is 5.69 Å².